The highest BCUT2D eigenvalue weighted by Gasteiger charge is 2.15. The third-order valence-corrected chi connectivity index (χ3v) is 2.26. The number of ether oxygens (including phenoxy) is 1. The molecule has 0 bridgehead atoms. The lowest BCUT2D eigenvalue weighted by Crippen LogP contribution is -2.29. The maximum Gasteiger partial charge on any atom is 0.267 e. The zero-order chi connectivity index (χ0) is 12.3. The molecular formula is C9H10FNO4S. The second-order valence-corrected chi connectivity index (χ2v) is 4.80. The van der Waals surface area contributed by atoms with Crippen molar-refractivity contribution in [2.45, 2.75) is 0 Å². The minimum Gasteiger partial charge on any atom is -0.497 e. The number of hydrogen-bond donors (Lipinski definition) is 1. The van der Waals surface area contributed by atoms with Crippen LogP contribution in [0.15, 0.2) is 18.2 Å². The predicted octanol–water partition coefficient (Wildman–Crippen LogP) is 0.524. The molecule has 0 heterocycles. The van der Waals surface area contributed by atoms with Gasteiger partial charge in [-0.1, -0.05) is 0 Å². The lowest BCUT2D eigenvalue weighted by molar-refractivity contribution is 0.0977. The van der Waals surface area contributed by atoms with Gasteiger partial charge in [-0.25, -0.2) is 17.5 Å². The van der Waals surface area contributed by atoms with Gasteiger partial charge in [0, 0.05) is 6.07 Å². The van der Waals surface area contributed by atoms with Crippen molar-refractivity contribution in [3.63, 3.8) is 0 Å². The fraction of sp³-hybridized carbons (Fsp3) is 0.222. The van der Waals surface area contributed by atoms with Crippen LogP contribution in [-0.4, -0.2) is 27.7 Å². The van der Waals surface area contributed by atoms with Gasteiger partial charge in [-0.15, -0.1) is 0 Å². The number of rotatable bonds is 3. The van der Waals surface area contributed by atoms with E-state index in [0.29, 0.717) is 0 Å². The monoisotopic (exact) mass is 247 g/mol. The number of carbonyl (C=O) groups is 1. The van der Waals surface area contributed by atoms with E-state index in [-0.39, 0.29) is 11.3 Å². The molecule has 1 aromatic carbocycles. The Bertz CT molecular complexity index is 512. The summed E-state index contributed by atoms with van der Waals surface area (Å²) in [7, 11) is -2.35. The average Bonchev–Trinajstić information content (AvgIpc) is 2.14. The van der Waals surface area contributed by atoms with Crippen molar-refractivity contribution in [3.8, 4) is 5.75 Å². The van der Waals surface area contributed by atoms with Gasteiger partial charge in [0.1, 0.15) is 11.6 Å². The standard InChI is InChI=1S/C9H10FNO4S/c1-15-6-3-4-7(8(10)5-6)9(12)11-16(2,13)14/h3-5H,1-2H3,(H,11,12). The van der Waals surface area contributed by atoms with Crippen molar-refractivity contribution in [2.75, 3.05) is 13.4 Å². The molecule has 1 aromatic rings. The molecule has 1 rings (SSSR count). The van der Waals surface area contributed by atoms with Gasteiger partial charge in [0.2, 0.25) is 10.0 Å². The van der Waals surface area contributed by atoms with Crippen LogP contribution in [0.2, 0.25) is 0 Å². The molecule has 0 atom stereocenters. The molecule has 0 aromatic heterocycles. The van der Waals surface area contributed by atoms with Crippen molar-refractivity contribution < 1.29 is 22.3 Å². The molecule has 5 nitrogen and oxygen atoms in total. The number of methoxy groups -OCH3 is 1. The summed E-state index contributed by atoms with van der Waals surface area (Å²) >= 11 is 0. The van der Waals surface area contributed by atoms with Gasteiger partial charge in [-0.3, -0.25) is 4.79 Å². The normalized spacial score (nSPS) is 10.9. The van der Waals surface area contributed by atoms with E-state index in [2.05, 4.69) is 0 Å². The molecule has 1 N–H and O–H groups in total. The van der Waals surface area contributed by atoms with Crippen molar-refractivity contribution in [1.29, 1.82) is 0 Å². The van der Waals surface area contributed by atoms with E-state index in [0.717, 1.165) is 18.4 Å². The van der Waals surface area contributed by atoms with Crippen molar-refractivity contribution in [3.05, 3.63) is 29.6 Å². The van der Waals surface area contributed by atoms with Gasteiger partial charge < -0.3 is 4.74 Å². The number of hydrogen-bond acceptors (Lipinski definition) is 4. The number of sulfonamides is 1. The smallest absolute Gasteiger partial charge is 0.267 e. The molecule has 0 saturated carbocycles. The third-order valence-electron chi connectivity index (χ3n) is 1.70. The van der Waals surface area contributed by atoms with Crippen molar-refractivity contribution in [2.24, 2.45) is 0 Å². The van der Waals surface area contributed by atoms with Crippen molar-refractivity contribution >= 4 is 15.9 Å². The molecule has 0 spiro atoms. The Labute approximate surface area is 92.3 Å². The largest absolute Gasteiger partial charge is 0.497 e. The van der Waals surface area contributed by atoms with Crippen LogP contribution in [0.1, 0.15) is 10.4 Å². The van der Waals surface area contributed by atoms with Crippen LogP contribution in [0, 0.1) is 5.82 Å². The first-order valence-corrected chi connectivity index (χ1v) is 6.08. The van der Waals surface area contributed by atoms with Crippen LogP contribution in [0.5, 0.6) is 5.75 Å². The summed E-state index contributed by atoms with van der Waals surface area (Å²) in [5.74, 6) is -1.61. The summed E-state index contributed by atoms with van der Waals surface area (Å²) in [5.41, 5.74) is -0.355. The van der Waals surface area contributed by atoms with Crippen LogP contribution >= 0.6 is 0 Å². The van der Waals surface area contributed by atoms with Gasteiger partial charge >= 0.3 is 0 Å². The second kappa shape index (κ2) is 4.48. The van der Waals surface area contributed by atoms with Gasteiger partial charge in [-0.05, 0) is 12.1 Å². The summed E-state index contributed by atoms with van der Waals surface area (Å²) in [6, 6.07) is 3.51. The number of nitrogens with one attached hydrogen (secondary N) is 1. The lowest BCUT2D eigenvalue weighted by Gasteiger charge is -2.05. The SMILES string of the molecule is COc1ccc(C(=O)NS(C)(=O)=O)c(F)c1. The quantitative estimate of drug-likeness (QED) is 0.845. The summed E-state index contributed by atoms with van der Waals surface area (Å²) in [5, 5.41) is 0. The molecule has 88 valence electrons. The third kappa shape index (κ3) is 3.20. The zero-order valence-corrected chi connectivity index (χ0v) is 9.47. The Balaban J connectivity index is 3.01. The molecular weight excluding hydrogens is 237 g/mol. The number of amides is 1. The van der Waals surface area contributed by atoms with Crippen LogP contribution in [0.4, 0.5) is 4.39 Å². The number of halogens is 1. The Morgan fingerprint density at radius 3 is 2.50 bits per heavy atom. The molecule has 0 aliphatic rings. The second-order valence-electron chi connectivity index (χ2n) is 3.05. The minimum absolute atomic E-state index is 0.244. The molecule has 0 radical (unpaired) electrons. The predicted molar refractivity (Wildman–Crippen MR) is 55.3 cm³/mol. The first-order valence-electron chi connectivity index (χ1n) is 4.19. The molecule has 16 heavy (non-hydrogen) atoms. The average molecular weight is 247 g/mol. The van der Waals surface area contributed by atoms with Crippen LogP contribution in [0.25, 0.3) is 0 Å². The van der Waals surface area contributed by atoms with Crippen LogP contribution in [-0.2, 0) is 10.0 Å². The molecule has 7 heteroatoms. The Kier molecular flexibility index (Phi) is 3.48. The highest BCUT2D eigenvalue weighted by atomic mass is 32.2. The summed E-state index contributed by atoms with van der Waals surface area (Å²) in [6.45, 7) is 0. The highest BCUT2D eigenvalue weighted by Crippen LogP contribution is 2.16. The number of carbonyl (C=O) groups excluding carboxylic acids is 1. The fourth-order valence-corrected chi connectivity index (χ4v) is 1.48. The van der Waals surface area contributed by atoms with Gasteiger partial charge in [0.25, 0.3) is 5.91 Å². The van der Waals surface area contributed by atoms with E-state index in [9.17, 15) is 17.6 Å². The van der Waals surface area contributed by atoms with E-state index in [1.54, 1.807) is 4.72 Å². The van der Waals surface area contributed by atoms with Gasteiger partial charge in [0.15, 0.2) is 0 Å². The minimum atomic E-state index is -3.70. The Morgan fingerprint density at radius 2 is 2.06 bits per heavy atom. The van der Waals surface area contributed by atoms with E-state index >= 15 is 0 Å². The fourth-order valence-electron chi connectivity index (χ4n) is 1.03. The molecule has 0 saturated heterocycles. The van der Waals surface area contributed by atoms with Gasteiger partial charge in [0.05, 0.1) is 18.9 Å². The lowest BCUT2D eigenvalue weighted by atomic mass is 10.2. The number of benzene rings is 1. The summed E-state index contributed by atoms with van der Waals surface area (Å²) in [6.07, 6.45) is 0.812. The Hall–Kier alpha value is -1.63. The molecule has 0 aliphatic carbocycles. The van der Waals surface area contributed by atoms with E-state index < -0.39 is 21.7 Å². The maximum atomic E-state index is 13.3. The highest BCUT2D eigenvalue weighted by molar-refractivity contribution is 7.89. The van der Waals surface area contributed by atoms with Crippen LogP contribution < -0.4 is 9.46 Å². The first kappa shape index (κ1) is 12.4. The van der Waals surface area contributed by atoms with E-state index in [1.807, 2.05) is 0 Å². The topological polar surface area (TPSA) is 72.5 Å². The summed E-state index contributed by atoms with van der Waals surface area (Å²) in [4.78, 5) is 11.3. The maximum absolute atomic E-state index is 13.3. The van der Waals surface area contributed by atoms with E-state index in [1.165, 1.54) is 13.2 Å². The Morgan fingerprint density at radius 1 is 1.44 bits per heavy atom. The summed E-state index contributed by atoms with van der Waals surface area (Å²) < 4.78 is 41.3. The van der Waals surface area contributed by atoms with Crippen molar-refractivity contribution in [1.82, 2.24) is 4.72 Å². The molecule has 0 aliphatic heterocycles. The van der Waals surface area contributed by atoms with E-state index in [4.69, 9.17) is 4.74 Å². The zero-order valence-electron chi connectivity index (χ0n) is 8.65. The van der Waals surface area contributed by atoms with Gasteiger partial charge in [-0.2, -0.15) is 0 Å². The molecule has 1 amide bonds. The molecule has 0 unspecified atom stereocenters. The molecule has 0 fully saturated rings. The van der Waals surface area contributed by atoms with Crippen LogP contribution in [0.3, 0.4) is 0 Å². The first-order chi connectivity index (χ1) is 7.33.